The van der Waals surface area contributed by atoms with Crippen LogP contribution in [0.1, 0.15) is 5.56 Å². The number of para-hydroxylation sites is 1. The van der Waals surface area contributed by atoms with Crippen molar-refractivity contribution < 1.29 is 12.8 Å². The fourth-order valence-electron chi connectivity index (χ4n) is 1.68. The van der Waals surface area contributed by atoms with E-state index in [-0.39, 0.29) is 16.1 Å². The van der Waals surface area contributed by atoms with Crippen molar-refractivity contribution >= 4 is 31.5 Å². The van der Waals surface area contributed by atoms with Gasteiger partial charge in [0.2, 0.25) is 0 Å². The third-order valence-corrected chi connectivity index (χ3v) is 4.84. The van der Waals surface area contributed by atoms with E-state index in [0.717, 1.165) is 0 Å². The van der Waals surface area contributed by atoms with Gasteiger partial charge in [0.25, 0.3) is 0 Å². The topological polar surface area (TPSA) is 60.2 Å². The lowest BCUT2D eigenvalue weighted by Crippen LogP contribution is -2.09. The molecule has 2 N–H and O–H groups in total. The van der Waals surface area contributed by atoms with Crippen LogP contribution in [0.4, 0.5) is 10.1 Å². The Bertz CT molecular complexity index is 716. The molecule has 0 bridgehead atoms. The Hall–Kier alpha value is -1.40. The summed E-state index contributed by atoms with van der Waals surface area (Å²) in [5.74, 6) is -0.979. The number of anilines is 1. The number of rotatable bonds is 3. The van der Waals surface area contributed by atoms with Crippen molar-refractivity contribution in [2.24, 2.45) is 0 Å². The van der Waals surface area contributed by atoms with Crippen LogP contribution in [0.15, 0.2) is 51.8 Å². The second-order valence-corrected chi connectivity index (χ2v) is 6.91. The molecule has 0 saturated heterocycles. The molecule has 0 saturated carbocycles. The lowest BCUT2D eigenvalue weighted by atomic mass is 10.2. The average Bonchev–Trinajstić information content (AvgIpc) is 2.33. The minimum absolute atomic E-state index is 0.0253. The van der Waals surface area contributed by atoms with Crippen molar-refractivity contribution in [2.45, 2.75) is 10.6 Å². The van der Waals surface area contributed by atoms with Crippen LogP contribution in [-0.4, -0.2) is 8.42 Å². The summed E-state index contributed by atoms with van der Waals surface area (Å²) >= 11 is 3.12. The molecule has 0 radical (unpaired) electrons. The predicted octanol–water partition coefficient (Wildman–Crippen LogP) is 3.14. The zero-order valence-corrected chi connectivity index (χ0v) is 12.2. The van der Waals surface area contributed by atoms with Crippen molar-refractivity contribution in [3.8, 4) is 0 Å². The molecule has 0 aliphatic carbocycles. The SMILES string of the molecule is Nc1ccccc1S(=O)(=O)Cc1ccc(Br)cc1F. The highest BCUT2D eigenvalue weighted by atomic mass is 79.9. The molecule has 0 aliphatic rings. The van der Waals surface area contributed by atoms with Crippen LogP contribution >= 0.6 is 15.9 Å². The van der Waals surface area contributed by atoms with E-state index >= 15 is 0 Å². The van der Waals surface area contributed by atoms with Crippen LogP contribution in [0.2, 0.25) is 0 Å². The van der Waals surface area contributed by atoms with E-state index in [9.17, 15) is 12.8 Å². The van der Waals surface area contributed by atoms with Crippen LogP contribution in [0, 0.1) is 5.82 Å². The Labute approximate surface area is 119 Å². The molecular formula is C13H11BrFNO2S. The number of benzene rings is 2. The third-order valence-electron chi connectivity index (χ3n) is 2.61. The molecule has 6 heteroatoms. The van der Waals surface area contributed by atoms with Gasteiger partial charge in [-0.25, -0.2) is 12.8 Å². The van der Waals surface area contributed by atoms with Gasteiger partial charge < -0.3 is 5.73 Å². The number of halogens is 2. The van der Waals surface area contributed by atoms with Gasteiger partial charge in [0.1, 0.15) is 5.82 Å². The van der Waals surface area contributed by atoms with E-state index in [1.165, 1.54) is 24.3 Å². The third kappa shape index (κ3) is 3.13. The molecule has 0 fully saturated rings. The molecule has 2 rings (SSSR count). The van der Waals surface area contributed by atoms with Gasteiger partial charge in [-0.15, -0.1) is 0 Å². The van der Waals surface area contributed by atoms with Crippen molar-refractivity contribution in [3.05, 3.63) is 58.3 Å². The highest BCUT2D eigenvalue weighted by molar-refractivity contribution is 9.10. The summed E-state index contributed by atoms with van der Waals surface area (Å²) in [6, 6.07) is 10.4. The van der Waals surface area contributed by atoms with Gasteiger partial charge in [0.05, 0.1) is 16.3 Å². The van der Waals surface area contributed by atoms with Gasteiger partial charge in [-0.3, -0.25) is 0 Å². The Morgan fingerprint density at radius 2 is 1.84 bits per heavy atom. The molecule has 100 valence electrons. The normalized spacial score (nSPS) is 11.5. The first-order valence-corrected chi connectivity index (χ1v) is 7.86. The first-order valence-electron chi connectivity index (χ1n) is 5.41. The summed E-state index contributed by atoms with van der Waals surface area (Å²) < 4.78 is 38.6. The van der Waals surface area contributed by atoms with Crippen molar-refractivity contribution in [3.63, 3.8) is 0 Å². The first kappa shape index (κ1) is 14.0. The molecule has 2 aromatic rings. The maximum Gasteiger partial charge on any atom is 0.184 e. The molecule has 0 aromatic heterocycles. The summed E-state index contributed by atoms with van der Waals surface area (Å²) in [7, 11) is -3.66. The van der Waals surface area contributed by atoms with E-state index in [1.807, 2.05) is 0 Å². The molecule has 19 heavy (non-hydrogen) atoms. The minimum Gasteiger partial charge on any atom is -0.398 e. The van der Waals surface area contributed by atoms with E-state index in [1.54, 1.807) is 18.2 Å². The van der Waals surface area contributed by atoms with Crippen LogP contribution in [0.5, 0.6) is 0 Å². The Morgan fingerprint density at radius 1 is 1.16 bits per heavy atom. The fraction of sp³-hybridized carbons (Fsp3) is 0.0769. The number of hydrogen-bond donors (Lipinski definition) is 1. The maximum absolute atomic E-state index is 13.7. The van der Waals surface area contributed by atoms with Gasteiger partial charge in [-0.2, -0.15) is 0 Å². The molecule has 0 aliphatic heterocycles. The predicted molar refractivity (Wildman–Crippen MR) is 75.8 cm³/mol. The second-order valence-electron chi connectivity index (χ2n) is 4.03. The van der Waals surface area contributed by atoms with Gasteiger partial charge in [-0.05, 0) is 24.3 Å². The maximum atomic E-state index is 13.7. The molecule has 0 unspecified atom stereocenters. The molecular weight excluding hydrogens is 333 g/mol. The summed E-state index contributed by atoms with van der Waals surface area (Å²) in [5.41, 5.74) is 5.93. The van der Waals surface area contributed by atoms with Crippen LogP contribution in [-0.2, 0) is 15.6 Å². The summed E-state index contributed by atoms with van der Waals surface area (Å²) in [6.45, 7) is 0. The number of hydrogen-bond acceptors (Lipinski definition) is 3. The fourth-order valence-corrected chi connectivity index (χ4v) is 3.53. The van der Waals surface area contributed by atoms with E-state index in [0.29, 0.717) is 4.47 Å². The number of sulfone groups is 1. The van der Waals surface area contributed by atoms with E-state index in [4.69, 9.17) is 5.73 Å². The highest BCUT2D eigenvalue weighted by Crippen LogP contribution is 2.24. The molecule has 0 amide bonds. The van der Waals surface area contributed by atoms with Crippen molar-refractivity contribution in [1.29, 1.82) is 0 Å². The van der Waals surface area contributed by atoms with Crippen molar-refractivity contribution in [1.82, 2.24) is 0 Å². The molecule has 0 spiro atoms. The largest absolute Gasteiger partial charge is 0.398 e. The summed E-state index contributed by atoms with van der Waals surface area (Å²) in [4.78, 5) is 0.0253. The van der Waals surface area contributed by atoms with Gasteiger partial charge in [0, 0.05) is 10.0 Å². The zero-order valence-electron chi connectivity index (χ0n) is 9.81. The Morgan fingerprint density at radius 3 is 2.47 bits per heavy atom. The van der Waals surface area contributed by atoms with Crippen LogP contribution in [0.3, 0.4) is 0 Å². The van der Waals surface area contributed by atoms with E-state index < -0.39 is 21.4 Å². The van der Waals surface area contributed by atoms with Crippen LogP contribution in [0.25, 0.3) is 0 Å². The lowest BCUT2D eigenvalue weighted by molar-refractivity contribution is 0.587. The summed E-state index contributed by atoms with van der Waals surface area (Å²) in [5, 5.41) is 0. The van der Waals surface area contributed by atoms with Gasteiger partial charge >= 0.3 is 0 Å². The standard InChI is InChI=1S/C13H11BrFNO2S/c14-10-6-5-9(11(15)7-10)8-19(17,18)13-4-2-1-3-12(13)16/h1-7H,8,16H2. The van der Waals surface area contributed by atoms with Crippen molar-refractivity contribution in [2.75, 3.05) is 5.73 Å². The Kier molecular flexibility index (Phi) is 3.91. The van der Waals surface area contributed by atoms with E-state index in [2.05, 4.69) is 15.9 Å². The molecule has 0 heterocycles. The number of nitrogen functional groups attached to an aromatic ring is 1. The minimum atomic E-state index is -3.66. The first-order chi connectivity index (χ1) is 8.90. The average molecular weight is 344 g/mol. The van der Waals surface area contributed by atoms with Gasteiger partial charge in [0.15, 0.2) is 9.84 Å². The Balaban J connectivity index is 2.40. The second kappa shape index (κ2) is 5.30. The lowest BCUT2D eigenvalue weighted by Gasteiger charge is -2.08. The summed E-state index contributed by atoms with van der Waals surface area (Å²) in [6.07, 6.45) is 0. The van der Waals surface area contributed by atoms with Gasteiger partial charge in [-0.1, -0.05) is 34.1 Å². The monoisotopic (exact) mass is 343 g/mol. The molecule has 0 atom stereocenters. The molecule has 3 nitrogen and oxygen atoms in total. The number of nitrogens with two attached hydrogens (primary N) is 1. The highest BCUT2D eigenvalue weighted by Gasteiger charge is 2.19. The quantitative estimate of drug-likeness (QED) is 0.871. The van der Waals surface area contributed by atoms with Crippen LogP contribution < -0.4 is 5.73 Å². The smallest absolute Gasteiger partial charge is 0.184 e. The molecule has 2 aromatic carbocycles. The zero-order chi connectivity index (χ0) is 14.0.